The van der Waals surface area contributed by atoms with Gasteiger partial charge in [-0.2, -0.15) is 0 Å². The van der Waals surface area contributed by atoms with E-state index >= 15 is 0 Å². The van der Waals surface area contributed by atoms with E-state index in [1.54, 1.807) is 61.5 Å². The van der Waals surface area contributed by atoms with Gasteiger partial charge in [0.25, 0.3) is 5.91 Å². The summed E-state index contributed by atoms with van der Waals surface area (Å²) in [5.41, 5.74) is 5.84. The molecule has 0 heterocycles. The third-order valence-corrected chi connectivity index (χ3v) is 2.98. The molecule has 2 N–H and O–H groups in total. The van der Waals surface area contributed by atoms with E-state index in [0.717, 1.165) is 0 Å². The molecule has 0 aromatic heterocycles. The van der Waals surface area contributed by atoms with E-state index in [4.69, 9.17) is 15.2 Å². The maximum atomic E-state index is 12.1. The molecule has 0 saturated carbocycles. The molecule has 0 radical (unpaired) electrons. The van der Waals surface area contributed by atoms with Crippen LogP contribution in [0.3, 0.4) is 0 Å². The van der Waals surface area contributed by atoms with Crippen LogP contribution >= 0.6 is 0 Å². The average Bonchev–Trinajstić information content (AvgIpc) is 2.53. The van der Waals surface area contributed by atoms with Crippen molar-refractivity contribution in [2.24, 2.45) is 5.73 Å². The zero-order chi connectivity index (χ0) is 15.9. The second-order valence-electron chi connectivity index (χ2n) is 4.70. The Morgan fingerprint density at radius 1 is 0.955 bits per heavy atom. The number of ether oxygens (including phenoxy) is 2. The summed E-state index contributed by atoms with van der Waals surface area (Å²) in [5.74, 6) is -0.842. The SMILES string of the molecule is CC(Oc1ccccc1)C(=O)OC(C(N)=O)c1ccccc1. The van der Waals surface area contributed by atoms with E-state index < -0.39 is 24.1 Å². The number of benzene rings is 2. The Morgan fingerprint density at radius 2 is 1.50 bits per heavy atom. The first-order valence-electron chi connectivity index (χ1n) is 6.84. The van der Waals surface area contributed by atoms with Crippen molar-refractivity contribution in [3.63, 3.8) is 0 Å². The second-order valence-corrected chi connectivity index (χ2v) is 4.70. The third kappa shape index (κ3) is 4.09. The molecule has 22 heavy (non-hydrogen) atoms. The Kier molecular flexibility index (Phi) is 5.14. The van der Waals surface area contributed by atoms with Gasteiger partial charge in [0.1, 0.15) is 5.75 Å². The molecule has 114 valence electrons. The van der Waals surface area contributed by atoms with Crippen LogP contribution in [0.25, 0.3) is 0 Å². The summed E-state index contributed by atoms with van der Waals surface area (Å²) in [4.78, 5) is 23.6. The lowest BCUT2D eigenvalue weighted by Crippen LogP contribution is -2.32. The predicted molar refractivity (Wildman–Crippen MR) is 81.0 cm³/mol. The number of carbonyl (C=O) groups excluding carboxylic acids is 2. The Morgan fingerprint density at radius 3 is 2.05 bits per heavy atom. The van der Waals surface area contributed by atoms with Crippen LogP contribution in [-0.2, 0) is 14.3 Å². The summed E-state index contributed by atoms with van der Waals surface area (Å²) < 4.78 is 10.7. The monoisotopic (exact) mass is 299 g/mol. The van der Waals surface area contributed by atoms with E-state index in [1.807, 2.05) is 6.07 Å². The first kappa shape index (κ1) is 15.6. The van der Waals surface area contributed by atoms with Crippen LogP contribution in [0.15, 0.2) is 60.7 Å². The Labute approximate surface area is 128 Å². The molecular weight excluding hydrogens is 282 g/mol. The molecule has 0 bridgehead atoms. The minimum Gasteiger partial charge on any atom is -0.479 e. The summed E-state index contributed by atoms with van der Waals surface area (Å²) >= 11 is 0. The normalized spacial score (nSPS) is 13.0. The van der Waals surface area contributed by atoms with Gasteiger partial charge in [-0.15, -0.1) is 0 Å². The van der Waals surface area contributed by atoms with Crippen LogP contribution in [-0.4, -0.2) is 18.0 Å². The molecule has 2 rings (SSSR count). The fourth-order valence-electron chi connectivity index (χ4n) is 1.88. The molecule has 1 amide bonds. The number of esters is 1. The second kappa shape index (κ2) is 7.26. The van der Waals surface area contributed by atoms with E-state index in [0.29, 0.717) is 11.3 Å². The summed E-state index contributed by atoms with van der Waals surface area (Å²) in [6, 6.07) is 17.5. The smallest absolute Gasteiger partial charge is 0.348 e. The first-order chi connectivity index (χ1) is 10.6. The largest absolute Gasteiger partial charge is 0.479 e. The quantitative estimate of drug-likeness (QED) is 0.830. The number of primary amides is 1. The predicted octanol–water partition coefficient (Wildman–Crippen LogP) is 2.22. The molecule has 0 spiro atoms. The van der Waals surface area contributed by atoms with Gasteiger partial charge in [-0.3, -0.25) is 4.79 Å². The van der Waals surface area contributed by atoms with Gasteiger partial charge in [-0.05, 0) is 19.1 Å². The number of amides is 1. The summed E-state index contributed by atoms with van der Waals surface area (Å²) in [5, 5.41) is 0. The average molecular weight is 299 g/mol. The number of carbonyl (C=O) groups is 2. The molecule has 0 aliphatic carbocycles. The molecule has 2 atom stereocenters. The summed E-state index contributed by atoms with van der Waals surface area (Å²) in [7, 11) is 0. The number of hydrogen-bond acceptors (Lipinski definition) is 4. The van der Waals surface area contributed by atoms with Crippen molar-refractivity contribution in [1.29, 1.82) is 0 Å². The van der Waals surface area contributed by atoms with Gasteiger partial charge in [-0.25, -0.2) is 4.79 Å². The number of hydrogen-bond donors (Lipinski definition) is 1. The topological polar surface area (TPSA) is 78.6 Å². The highest BCUT2D eigenvalue weighted by Crippen LogP contribution is 2.19. The summed E-state index contributed by atoms with van der Waals surface area (Å²) in [6.45, 7) is 1.55. The summed E-state index contributed by atoms with van der Waals surface area (Å²) in [6.07, 6.45) is -1.98. The minimum absolute atomic E-state index is 0.523. The van der Waals surface area contributed by atoms with Crippen molar-refractivity contribution in [2.75, 3.05) is 0 Å². The van der Waals surface area contributed by atoms with Gasteiger partial charge < -0.3 is 15.2 Å². The lowest BCUT2D eigenvalue weighted by atomic mass is 10.1. The van der Waals surface area contributed by atoms with Gasteiger partial charge in [0.05, 0.1) is 0 Å². The number of para-hydroxylation sites is 1. The standard InChI is InChI=1S/C17H17NO4/c1-12(21-14-10-6-3-7-11-14)17(20)22-15(16(18)19)13-8-4-2-5-9-13/h2-12,15H,1H3,(H2,18,19). The van der Waals surface area contributed by atoms with Crippen LogP contribution in [0.5, 0.6) is 5.75 Å². The maximum Gasteiger partial charge on any atom is 0.348 e. The van der Waals surface area contributed by atoms with E-state index in [2.05, 4.69) is 0 Å². The lowest BCUT2D eigenvalue weighted by Gasteiger charge is -2.19. The molecule has 0 aliphatic rings. The number of nitrogens with two attached hydrogens (primary N) is 1. The molecule has 0 fully saturated rings. The van der Waals surface area contributed by atoms with Crippen molar-refractivity contribution < 1.29 is 19.1 Å². The van der Waals surface area contributed by atoms with Crippen molar-refractivity contribution in [2.45, 2.75) is 19.1 Å². The van der Waals surface area contributed by atoms with Gasteiger partial charge in [-0.1, -0.05) is 48.5 Å². The van der Waals surface area contributed by atoms with Crippen molar-refractivity contribution in [1.82, 2.24) is 0 Å². The molecule has 0 aliphatic heterocycles. The molecule has 0 saturated heterocycles. The molecule has 2 unspecified atom stereocenters. The van der Waals surface area contributed by atoms with Crippen molar-refractivity contribution in [3.05, 3.63) is 66.2 Å². The van der Waals surface area contributed by atoms with Crippen molar-refractivity contribution >= 4 is 11.9 Å². The fourth-order valence-corrected chi connectivity index (χ4v) is 1.88. The maximum absolute atomic E-state index is 12.1. The van der Waals surface area contributed by atoms with Crippen LogP contribution < -0.4 is 10.5 Å². The first-order valence-corrected chi connectivity index (χ1v) is 6.84. The van der Waals surface area contributed by atoms with Crippen LogP contribution in [0.2, 0.25) is 0 Å². The number of rotatable bonds is 6. The van der Waals surface area contributed by atoms with E-state index in [-0.39, 0.29) is 0 Å². The van der Waals surface area contributed by atoms with Gasteiger partial charge in [0.15, 0.2) is 6.10 Å². The Balaban J connectivity index is 2.04. The van der Waals surface area contributed by atoms with Crippen LogP contribution in [0, 0.1) is 0 Å². The highest BCUT2D eigenvalue weighted by atomic mass is 16.6. The lowest BCUT2D eigenvalue weighted by molar-refractivity contribution is -0.161. The van der Waals surface area contributed by atoms with E-state index in [9.17, 15) is 9.59 Å². The zero-order valence-corrected chi connectivity index (χ0v) is 12.1. The Hall–Kier alpha value is -2.82. The molecule has 2 aromatic rings. The third-order valence-electron chi connectivity index (χ3n) is 2.98. The highest BCUT2D eigenvalue weighted by Gasteiger charge is 2.26. The van der Waals surface area contributed by atoms with Crippen LogP contribution in [0.4, 0.5) is 0 Å². The molecule has 5 heteroatoms. The van der Waals surface area contributed by atoms with Gasteiger partial charge >= 0.3 is 5.97 Å². The fraction of sp³-hybridized carbons (Fsp3) is 0.176. The van der Waals surface area contributed by atoms with Crippen molar-refractivity contribution in [3.8, 4) is 5.75 Å². The zero-order valence-electron chi connectivity index (χ0n) is 12.1. The van der Waals surface area contributed by atoms with Crippen LogP contribution in [0.1, 0.15) is 18.6 Å². The molecular formula is C17H17NO4. The van der Waals surface area contributed by atoms with E-state index in [1.165, 1.54) is 0 Å². The minimum atomic E-state index is -1.13. The van der Waals surface area contributed by atoms with Gasteiger partial charge in [0, 0.05) is 5.56 Å². The highest BCUT2D eigenvalue weighted by molar-refractivity contribution is 5.84. The molecule has 5 nitrogen and oxygen atoms in total. The Bertz CT molecular complexity index is 628. The molecule has 2 aromatic carbocycles. The van der Waals surface area contributed by atoms with Gasteiger partial charge in [0.2, 0.25) is 6.10 Å².